The Morgan fingerprint density at radius 1 is 1.00 bits per heavy atom. The minimum atomic E-state index is -0.0597. The van der Waals surface area contributed by atoms with Crippen LogP contribution in [0.4, 0.5) is 0 Å². The van der Waals surface area contributed by atoms with E-state index in [1.807, 2.05) is 50.2 Å². The third-order valence-electron chi connectivity index (χ3n) is 4.02. The maximum absolute atomic E-state index is 13.2. The van der Waals surface area contributed by atoms with Crippen LogP contribution in [-0.2, 0) is 13.1 Å². The summed E-state index contributed by atoms with van der Waals surface area (Å²) < 4.78 is 0. The van der Waals surface area contributed by atoms with Crippen LogP contribution in [0, 0.1) is 13.8 Å². The number of carbonyl (C=O) groups excluding carboxylic acids is 1. The van der Waals surface area contributed by atoms with Crippen molar-refractivity contribution < 1.29 is 9.90 Å². The number of pyridine rings is 2. The number of aromatic hydroxyl groups is 1. The van der Waals surface area contributed by atoms with E-state index < -0.39 is 0 Å². The molecule has 1 aromatic carbocycles. The van der Waals surface area contributed by atoms with Crippen LogP contribution in [0.25, 0.3) is 0 Å². The number of aryl methyl sites for hydroxylation is 2. The maximum Gasteiger partial charge on any atom is 0.254 e. The number of carbonyl (C=O) groups is 1. The Balaban J connectivity index is 1.90. The summed E-state index contributed by atoms with van der Waals surface area (Å²) in [5.74, 6) is 0.148. The Hall–Kier alpha value is -3.21. The van der Waals surface area contributed by atoms with Crippen LogP contribution in [0.5, 0.6) is 5.75 Å². The predicted octanol–water partition coefficient (Wildman–Crippen LogP) is 3.64. The highest BCUT2D eigenvalue weighted by atomic mass is 16.3. The molecule has 0 unspecified atom stereocenters. The fourth-order valence-corrected chi connectivity index (χ4v) is 2.87. The number of hydrogen-bond donors (Lipinski definition) is 1. The van der Waals surface area contributed by atoms with E-state index in [4.69, 9.17) is 0 Å². The van der Waals surface area contributed by atoms with Crippen LogP contribution >= 0.6 is 0 Å². The first kappa shape index (κ1) is 17.6. The molecule has 0 aliphatic heterocycles. The second-order valence-electron chi connectivity index (χ2n) is 6.33. The SMILES string of the molecule is Cc1cc(C(=O)N(Cc2ccc(O)cc2)Cc2cccnc2)cc(C)n1. The lowest BCUT2D eigenvalue weighted by molar-refractivity contribution is 0.0729. The number of nitrogens with zero attached hydrogens (tertiary/aromatic N) is 3. The van der Waals surface area contributed by atoms with Crippen LogP contribution in [0.15, 0.2) is 60.9 Å². The molecule has 132 valence electrons. The van der Waals surface area contributed by atoms with Crippen LogP contribution in [0.2, 0.25) is 0 Å². The zero-order valence-electron chi connectivity index (χ0n) is 14.9. The van der Waals surface area contributed by atoms with E-state index in [9.17, 15) is 9.90 Å². The molecule has 0 radical (unpaired) electrons. The molecule has 5 heteroatoms. The second kappa shape index (κ2) is 7.78. The summed E-state index contributed by atoms with van der Waals surface area (Å²) in [5, 5.41) is 9.48. The van der Waals surface area contributed by atoms with Crippen molar-refractivity contribution in [1.29, 1.82) is 0 Å². The Labute approximate surface area is 153 Å². The first-order valence-electron chi connectivity index (χ1n) is 8.42. The first-order valence-corrected chi connectivity index (χ1v) is 8.42. The van der Waals surface area contributed by atoms with Crippen molar-refractivity contribution in [1.82, 2.24) is 14.9 Å². The largest absolute Gasteiger partial charge is 0.508 e. The summed E-state index contributed by atoms with van der Waals surface area (Å²) >= 11 is 0. The predicted molar refractivity (Wildman–Crippen MR) is 99.6 cm³/mol. The van der Waals surface area contributed by atoms with Crippen molar-refractivity contribution >= 4 is 5.91 Å². The molecular weight excluding hydrogens is 326 g/mol. The van der Waals surface area contributed by atoms with Gasteiger partial charge in [0.1, 0.15) is 5.75 Å². The van der Waals surface area contributed by atoms with Gasteiger partial charge in [0.2, 0.25) is 0 Å². The molecule has 1 N–H and O–H groups in total. The van der Waals surface area contributed by atoms with Gasteiger partial charge in [-0.05, 0) is 55.3 Å². The highest BCUT2D eigenvalue weighted by Gasteiger charge is 2.18. The molecule has 2 aromatic heterocycles. The monoisotopic (exact) mass is 347 g/mol. The molecular formula is C21H21N3O2. The minimum absolute atomic E-state index is 0.0597. The van der Waals surface area contributed by atoms with Gasteiger partial charge in [0.05, 0.1) is 0 Å². The van der Waals surface area contributed by atoms with Gasteiger partial charge in [-0.2, -0.15) is 0 Å². The fourth-order valence-electron chi connectivity index (χ4n) is 2.87. The summed E-state index contributed by atoms with van der Waals surface area (Å²) in [6, 6.07) is 14.3. The molecule has 2 heterocycles. The van der Waals surface area contributed by atoms with Crippen LogP contribution in [0.3, 0.4) is 0 Å². The van der Waals surface area contributed by atoms with Crippen molar-refractivity contribution in [3.63, 3.8) is 0 Å². The van der Waals surface area contributed by atoms with Crippen molar-refractivity contribution in [3.8, 4) is 5.75 Å². The van der Waals surface area contributed by atoms with E-state index in [1.54, 1.807) is 29.4 Å². The molecule has 0 bridgehead atoms. The van der Waals surface area contributed by atoms with Crippen molar-refractivity contribution in [2.24, 2.45) is 0 Å². The van der Waals surface area contributed by atoms with Gasteiger partial charge in [0, 0.05) is 42.4 Å². The smallest absolute Gasteiger partial charge is 0.254 e. The van der Waals surface area contributed by atoms with Crippen molar-refractivity contribution in [2.75, 3.05) is 0 Å². The number of amides is 1. The number of phenols is 1. The van der Waals surface area contributed by atoms with Gasteiger partial charge in [0.25, 0.3) is 5.91 Å². The third-order valence-corrected chi connectivity index (χ3v) is 4.02. The van der Waals surface area contributed by atoms with E-state index in [2.05, 4.69) is 9.97 Å². The third kappa shape index (κ3) is 4.45. The molecule has 0 fully saturated rings. The molecule has 5 nitrogen and oxygen atoms in total. The summed E-state index contributed by atoms with van der Waals surface area (Å²) in [5.41, 5.74) is 4.17. The highest BCUT2D eigenvalue weighted by molar-refractivity contribution is 5.94. The Kier molecular flexibility index (Phi) is 5.27. The van der Waals surface area contributed by atoms with Crippen molar-refractivity contribution in [3.05, 3.63) is 89.0 Å². The highest BCUT2D eigenvalue weighted by Crippen LogP contribution is 2.17. The maximum atomic E-state index is 13.2. The van der Waals surface area contributed by atoms with E-state index in [0.717, 1.165) is 22.5 Å². The van der Waals surface area contributed by atoms with Crippen LogP contribution in [0.1, 0.15) is 32.9 Å². The lowest BCUT2D eigenvalue weighted by Gasteiger charge is -2.23. The molecule has 26 heavy (non-hydrogen) atoms. The normalized spacial score (nSPS) is 10.5. The van der Waals surface area contributed by atoms with Crippen molar-refractivity contribution in [2.45, 2.75) is 26.9 Å². The zero-order valence-corrected chi connectivity index (χ0v) is 14.9. The molecule has 1 amide bonds. The average Bonchev–Trinajstić information content (AvgIpc) is 2.62. The number of benzene rings is 1. The van der Waals surface area contributed by atoms with Gasteiger partial charge in [0.15, 0.2) is 0 Å². The molecule has 3 rings (SSSR count). The summed E-state index contributed by atoms with van der Waals surface area (Å²) in [6.07, 6.45) is 3.48. The zero-order chi connectivity index (χ0) is 18.5. The van der Waals surface area contributed by atoms with Gasteiger partial charge in [-0.3, -0.25) is 14.8 Å². The Bertz CT molecular complexity index is 873. The quantitative estimate of drug-likeness (QED) is 0.765. The van der Waals surface area contributed by atoms with E-state index in [0.29, 0.717) is 18.7 Å². The van der Waals surface area contributed by atoms with Crippen LogP contribution < -0.4 is 0 Å². The molecule has 3 aromatic rings. The summed E-state index contributed by atoms with van der Waals surface area (Å²) in [6.45, 7) is 4.66. The van der Waals surface area contributed by atoms with E-state index >= 15 is 0 Å². The number of aromatic nitrogens is 2. The molecule has 0 spiro atoms. The van der Waals surface area contributed by atoms with Gasteiger partial charge in [-0.25, -0.2) is 0 Å². The summed E-state index contributed by atoms with van der Waals surface area (Å²) in [4.78, 5) is 23.4. The molecule has 0 aliphatic rings. The number of hydrogen-bond acceptors (Lipinski definition) is 4. The van der Waals surface area contributed by atoms with E-state index in [1.165, 1.54) is 0 Å². The Morgan fingerprint density at radius 3 is 2.27 bits per heavy atom. The topological polar surface area (TPSA) is 66.3 Å². The molecule has 0 aliphatic carbocycles. The fraction of sp³-hybridized carbons (Fsp3) is 0.190. The number of rotatable bonds is 5. The average molecular weight is 347 g/mol. The van der Waals surface area contributed by atoms with Gasteiger partial charge >= 0.3 is 0 Å². The lowest BCUT2D eigenvalue weighted by atomic mass is 10.1. The van der Waals surface area contributed by atoms with E-state index in [-0.39, 0.29) is 11.7 Å². The minimum Gasteiger partial charge on any atom is -0.508 e. The first-order chi connectivity index (χ1) is 12.5. The Morgan fingerprint density at radius 2 is 1.65 bits per heavy atom. The summed E-state index contributed by atoms with van der Waals surface area (Å²) in [7, 11) is 0. The van der Waals surface area contributed by atoms with Crippen LogP contribution in [-0.4, -0.2) is 25.9 Å². The number of phenolic OH excluding ortho intramolecular Hbond substituents is 1. The van der Waals surface area contributed by atoms with Gasteiger partial charge < -0.3 is 10.0 Å². The van der Waals surface area contributed by atoms with Gasteiger partial charge in [-0.15, -0.1) is 0 Å². The molecule has 0 saturated heterocycles. The lowest BCUT2D eigenvalue weighted by Crippen LogP contribution is -2.30. The second-order valence-corrected chi connectivity index (χ2v) is 6.33. The molecule has 0 saturated carbocycles. The standard InChI is InChI=1S/C21H21N3O2/c1-15-10-19(11-16(2)23-15)21(26)24(14-18-4-3-9-22-12-18)13-17-5-7-20(25)8-6-17/h3-12,25H,13-14H2,1-2H3. The van der Waals surface area contributed by atoms with Gasteiger partial charge in [-0.1, -0.05) is 18.2 Å². The molecule has 0 atom stereocenters.